The van der Waals surface area contributed by atoms with Crippen molar-refractivity contribution in [1.82, 2.24) is 14.8 Å². The van der Waals surface area contributed by atoms with Crippen LogP contribution in [0.25, 0.3) is 20.5 Å². The summed E-state index contributed by atoms with van der Waals surface area (Å²) in [6, 6.07) is 2.86. The van der Waals surface area contributed by atoms with Crippen molar-refractivity contribution >= 4 is 29.5 Å². The van der Waals surface area contributed by atoms with Crippen molar-refractivity contribution in [3.05, 3.63) is 40.1 Å². The van der Waals surface area contributed by atoms with Crippen LogP contribution >= 0.6 is 11.3 Å². The minimum atomic E-state index is -2.95. The van der Waals surface area contributed by atoms with Crippen LogP contribution in [0.5, 0.6) is 0 Å². The maximum absolute atomic E-state index is 14.5. The highest BCUT2D eigenvalue weighted by atomic mass is 32.1. The lowest BCUT2D eigenvalue weighted by Gasteiger charge is -2.38. The molecular weight excluding hydrogens is 452 g/mol. The highest BCUT2D eigenvalue weighted by Crippen LogP contribution is 2.46. The van der Waals surface area contributed by atoms with E-state index >= 15 is 0 Å². The number of ether oxygens (including phenoxy) is 1. The molecule has 0 aliphatic heterocycles. The molecule has 0 amide bonds. The average Bonchev–Trinajstić information content (AvgIpc) is 3.33. The Morgan fingerprint density at radius 1 is 1.38 bits per heavy atom. The summed E-state index contributed by atoms with van der Waals surface area (Å²) >= 11 is 1.26. The number of alkyl halides is 2. The van der Waals surface area contributed by atoms with E-state index < -0.39 is 38.9 Å². The van der Waals surface area contributed by atoms with Gasteiger partial charge in [0, 0.05) is 60.7 Å². The Morgan fingerprint density at radius 3 is 2.81 bits per heavy atom. The molecule has 4 rings (SSSR count). The Balaban J connectivity index is 1.65. The lowest BCUT2D eigenvalue weighted by atomic mass is 9.72. The van der Waals surface area contributed by atoms with Gasteiger partial charge in [-0.25, -0.2) is 13.5 Å². The largest absolute Gasteiger partial charge is 0.395 e. The van der Waals surface area contributed by atoms with E-state index in [0.717, 1.165) is 16.5 Å². The van der Waals surface area contributed by atoms with Gasteiger partial charge in [-0.15, -0.1) is 11.3 Å². The molecule has 1 aliphatic rings. The highest BCUT2D eigenvalue weighted by Gasteiger charge is 2.47. The van der Waals surface area contributed by atoms with Crippen molar-refractivity contribution in [3.63, 3.8) is 0 Å². The smallest absolute Gasteiger partial charge is 0.266 e. The van der Waals surface area contributed by atoms with Crippen molar-refractivity contribution in [3.8, 4) is 10.4 Å². The molecule has 0 saturated carbocycles. The molecule has 0 fully saturated rings. The van der Waals surface area contributed by atoms with Gasteiger partial charge in [0.1, 0.15) is 11.4 Å². The second kappa shape index (κ2) is 8.16. The monoisotopic (exact) mass is 481 g/mol. The van der Waals surface area contributed by atoms with Gasteiger partial charge in [-0.3, -0.25) is 4.79 Å². The number of aromatic amines is 1. The van der Waals surface area contributed by atoms with E-state index in [2.05, 4.69) is 29.7 Å². The number of hydrogen-bond donors (Lipinski definition) is 2. The van der Waals surface area contributed by atoms with Gasteiger partial charge in [0.15, 0.2) is 0 Å². The lowest BCUT2D eigenvalue weighted by molar-refractivity contribution is -0.0454. The molecule has 0 bridgehead atoms. The standard InChI is InChI=1S/C22H29F2N3O3SSi/c1-21(12-28)11-22(23,24)8-16-15-7-17(31-18(15)20(29)26-19(16)21)14-9-25-27(10-14)13-30-5-6-32(2,3)4/h7,9-10,28H,5-6,8,11-13H2,1-4H3,(H,26,29). The van der Waals surface area contributed by atoms with E-state index in [1.807, 2.05) is 6.20 Å². The maximum Gasteiger partial charge on any atom is 0.266 e. The third kappa shape index (κ3) is 4.59. The number of aliphatic hydroxyl groups is 1. The van der Waals surface area contributed by atoms with Gasteiger partial charge in [-0.2, -0.15) is 5.10 Å². The number of pyridine rings is 1. The number of hydrogen-bond acceptors (Lipinski definition) is 5. The molecular formula is C22H29F2N3O3SSi. The van der Waals surface area contributed by atoms with Crippen molar-refractivity contribution < 1.29 is 18.6 Å². The molecule has 174 valence electrons. The zero-order chi connectivity index (χ0) is 23.3. The van der Waals surface area contributed by atoms with E-state index in [1.165, 1.54) is 11.3 Å². The van der Waals surface area contributed by atoms with E-state index in [1.54, 1.807) is 23.9 Å². The van der Waals surface area contributed by atoms with Gasteiger partial charge in [-0.05, 0) is 17.7 Å². The normalized spacial score (nSPS) is 20.6. The topological polar surface area (TPSA) is 80.1 Å². The molecule has 3 aromatic rings. The van der Waals surface area contributed by atoms with Crippen LogP contribution in [-0.4, -0.2) is 47.1 Å². The Labute approximate surface area is 190 Å². The fourth-order valence-corrected chi connectivity index (χ4v) is 6.03. The van der Waals surface area contributed by atoms with E-state index in [4.69, 9.17) is 4.74 Å². The fourth-order valence-electron chi connectivity index (χ4n) is 4.22. The van der Waals surface area contributed by atoms with E-state index in [-0.39, 0.29) is 5.56 Å². The number of aromatic nitrogens is 3. The van der Waals surface area contributed by atoms with Crippen LogP contribution in [0, 0.1) is 0 Å². The zero-order valence-electron chi connectivity index (χ0n) is 18.8. The fraction of sp³-hybridized carbons (Fsp3) is 0.545. The van der Waals surface area contributed by atoms with Crippen LogP contribution in [0.2, 0.25) is 25.7 Å². The Morgan fingerprint density at radius 2 is 2.12 bits per heavy atom. The molecule has 32 heavy (non-hydrogen) atoms. The first-order valence-corrected chi connectivity index (χ1v) is 15.2. The van der Waals surface area contributed by atoms with Gasteiger partial charge in [0.05, 0.1) is 12.8 Å². The first kappa shape index (κ1) is 23.3. The minimum Gasteiger partial charge on any atom is -0.395 e. The number of thiophene rings is 1. The SMILES string of the molecule is CC1(CO)CC(F)(F)Cc2c1[nH]c(=O)c1sc(-c3cnn(COCC[Si](C)(C)C)c3)cc21. The third-order valence-electron chi connectivity index (χ3n) is 5.98. The lowest BCUT2D eigenvalue weighted by Crippen LogP contribution is -2.43. The van der Waals surface area contributed by atoms with Crippen molar-refractivity contribution in [2.24, 2.45) is 0 Å². The van der Waals surface area contributed by atoms with Gasteiger partial charge >= 0.3 is 0 Å². The van der Waals surface area contributed by atoms with Crippen LogP contribution in [0.3, 0.4) is 0 Å². The summed E-state index contributed by atoms with van der Waals surface area (Å²) in [4.78, 5) is 16.3. The van der Waals surface area contributed by atoms with Gasteiger partial charge in [0.2, 0.25) is 0 Å². The van der Waals surface area contributed by atoms with E-state index in [9.17, 15) is 18.7 Å². The molecule has 6 nitrogen and oxygen atoms in total. The number of H-pyrrole nitrogens is 1. The molecule has 2 N–H and O–H groups in total. The first-order valence-electron chi connectivity index (χ1n) is 10.7. The molecule has 0 aromatic carbocycles. The number of halogens is 2. The third-order valence-corrected chi connectivity index (χ3v) is 8.87. The molecule has 0 spiro atoms. The van der Waals surface area contributed by atoms with Gasteiger partial charge < -0.3 is 14.8 Å². The van der Waals surface area contributed by atoms with Crippen molar-refractivity contribution in [1.29, 1.82) is 0 Å². The quantitative estimate of drug-likeness (QED) is 0.382. The summed E-state index contributed by atoms with van der Waals surface area (Å²) in [5.74, 6) is -2.95. The Hall–Kier alpha value is -1.88. The molecule has 0 saturated heterocycles. The summed E-state index contributed by atoms with van der Waals surface area (Å²) in [5.41, 5.74) is 0.129. The molecule has 3 aromatic heterocycles. The molecule has 10 heteroatoms. The van der Waals surface area contributed by atoms with Crippen LogP contribution in [0.1, 0.15) is 24.6 Å². The number of rotatable bonds is 7. The second-order valence-electron chi connectivity index (χ2n) is 10.2. The maximum atomic E-state index is 14.5. The number of nitrogens with one attached hydrogen (secondary N) is 1. The van der Waals surface area contributed by atoms with Crippen molar-refractivity contribution in [2.75, 3.05) is 13.2 Å². The number of aliphatic hydroxyl groups excluding tert-OH is 1. The predicted molar refractivity (Wildman–Crippen MR) is 125 cm³/mol. The van der Waals surface area contributed by atoms with Crippen LogP contribution in [0.15, 0.2) is 23.3 Å². The summed E-state index contributed by atoms with van der Waals surface area (Å²) in [6.45, 7) is 9.02. The summed E-state index contributed by atoms with van der Waals surface area (Å²) in [6.07, 6.45) is 2.59. The summed E-state index contributed by atoms with van der Waals surface area (Å²) < 4.78 is 36.9. The summed E-state index contributed by atoms with van der Waals surface area (Å²) in [5, 5.41) is 14.7. The first-order chi connectivity index (χ1) is 14.9. The zero-order valence-corrected chi connectivity index (χ0v) is 20.6. The molecule has 1 unspecified atom stereocenters. The Kier molecular flexibility index (Phi) is 5.94. The summed E-state index contributed by atoms with van der Waals surface area (Å²) in [7, 11) is -1.16. The molecule has 1 atom stereocenters. The van der Waals surface area contributed by atoms with Gasteiger partial charge in [-0.1, -0.05) is 26.6 Å². The molecule has 0 radical (unpaired) electrons. The van der Waals surface area contributed by atoms with Crippen LogP contribution in [-0.2, 0) is 23.3 Å². The minimum absolute atomic E-state index is 0.318. The van der Waals surface area contributed by atoms with Gasteiger partial charge in [0.25, 0.3) is 11.5 Å². The number of nitrogens with zero attached hydrogens (tertiary/aromatic N) is 2. The highest BCUT2D eigenvalue weighted by molar-refractivity contribution is 7.22. The number of fused-ring (bicyclic) bond motifs is 3. The molecule has 1 aliphatic carbocycles. The van der Waals surface area contributed by atoms with E-state index in [0.29, 0.717) is 34.7 Å². The second-order valence-corrected chi connectivity index (χ2v) is 16.9. The van der Waals surface area contributed by atoms with Crippen LogP contribution < -0.4 is 5.56 Å². The average molecular weight is 482 g/mol. The van der Waals surface area contributed by atoms with Crippen molar-refractivity contribution in [2.45, 2.75) is 63.5 Å². The van der Waals surface area contributed by atoms with Crippen LogP contribution in [0.4, 0.5) is 8.78 Å². The predicted octanol–water partition coefficient (Wildman–Crippen LogP) is 4.60. The Bertz CT molecular complexity index is 1200. The molecule has 3 heterocycles.